The van der Waals surface area contributed by atoms with Gasteiger partial charge in [-0.2, -0.15) is 0 Å². The number of hydrogen-bond donors (Lipinski definition) is 1. The first-order chi connectivity index (χ1) is 9.19. The zero-order valence-electron chi connectivity index (χ0n) is 11.3. The second-order valence-electron chi connectivity index (χ2n) is 4.67. The summed E-state index contributed by atoms with van der Waals surface area (Å²) < 4.78 is 5.51. The molecule has 1 amide bonds. The highest BCUT2D eigenvalue weighted by Gasteiger charge is 2.06. The van der Waals surface area contributed by atoms with Crippen LogP contribution in [-0.4, -0.2) is 18.6 Å². The summed E-state index contributed by atoms with van der Waals surface area (Å²) in [5, 5.41) is 5.15. The van der Waals surface area contributed by atoms with Crippen molar-refractivity contribution in [3.8, 4) is 5.75 Å². The van der Waals surface area contributed by atoms with E-state index in [9.17, 15) is 4.79 Å². The van der Waals surface area contributed by atoms with Crippen molar-refractivity contribution in [1.29, 1.82) is 0 Å². The SMILES string of the molecule is CC[C@@H](C)NC(=O)COc1ccc2ccccc2c1. The molecule has 1 atom stereocenters. The van der Waals surface area contributed by atoms with Gasteiger partial charge in [-0.25, -0.2) is 0 Å². The van der Waals surface area contributed by atoms with Crippen molar-refractivity contribution in [3.63, 3.8) is 0 Å². The van der Waals surface area contributed by atoms with Crippen LogP contribution in [0.3, 0.4) is 0 Å². The average Bonchev–Trinajstić information content (AvgIpc) is 2.44. The lowest BCUT2D eigenvalue weighted by atomic mass is 10.1. The summed E-state index contributed by atoms with van der Waals surface area (Å²) in [6.45, 7) is 4.08. The van der Waals surface area contributed by atoms with E-state index in [1.54, 1.807) is 0 Å². The maximum Gasteiger partial charge on any atom is 0.258 e. The Morgan fingerprint density at radius 1 is 1.21 bits per heavy atom. The van der Waals surface area contributed by atoms with Gasteiger partial charge in [0.25, 0.3) is 5.91 Å². The van der Waals surface area contributed by atoms with Gasteiger partial charge in [0, 0.05) is 6.04 Å². The molecule has 0 heterocycles. The van der Waals surface area contributed by atoms with Crippen LogP contribution in [-0.2, 0) is 4.79 Å². The number of fused-ring (bicyclic) bond motifs is 1. The highest BCUT2D eigenvalue weighted by Crippen LogP contribution is 2.20. The molecule has 0 fully saturated rings. The number of benzene rings is 2. The number of carbonyl (C=O) groups is 1. The maximum absolute atomic E-state index is 11.6. The number of ether oxygens (including phenoxy) is 1. The molecule has 0 aliphatic carbocycles. The smallest absolute Gasteiger partial charge is 0.258 e. The Hall–Kier alpha value is -2.03. The third kappa shape index (κ3) is 3.71. The van der Waals surface area contributed by atoms with E-state index in [1.807, 2.05) is 50.2 Å². The van der Waals surface area contributed by atoms with Crippen molar-refractivity contribution in [3.05, 3.63) is 42.5 Å². The van der Waals surface area contributed by atoms with E-state index in [0.29, 0.717) is 0 Å². The molecule has 0 aliphatic rings. The molecule has 0 radical (unpaired) electrons. The molecule has 0 saturated heterocycles. The zero-order chi connectivity index (χ0) is 13.7. The molecule has 0 unspecified atom stereocenters. The van der Waals surface area contributed by atoms with Gasteiger partial charge in [-0.15, -0.1) is 0 Å². The molecule has 0 saturated carbocycles. The Balaban J connectivity index is 1.96. The predicted octanol–water partition coefficient (Wildman–Crippen LogP) is 3.13. The summed E-state index contributed by atoms with van der Waals surface area (Å²) in [6, 6.07) is 14.1. The third-order valence-corrected chi connectivity index (χ3v) is 3.11. The molecular formula is C16H19NO2. The molecule has 3 nitrogen and oxygen atoms in total. The highest BCUT2D eigenvalue weighted by atomic mass is 16.5. The number of hydrogen-bond acceptors (Lipinski definition) is 2. The van der Waals surface area contributed by atoms with Crippen LogP contribution in [0.2, 0.25) is 0 Å². The topological polar surface area (TPSA) is 38.3 Å². The summed E-state index contributed by atoms with van der Waals surface area (Å²) in [6.07, 6.45) is 0.918. The molecule has 0 bridgehead atoms. The molecule has 0 aromatic heterocycles. The van der Waals surface area contributed by atoms with Crippen LogP contribution in [0.5, 0.6) is 5.75 Å². The Bertz CT molecular complexity index is 565. The van der Waals surface area contributed by atoms with E-state index in [4.69, 9.17) is 4.74 Å². The first kappa shape index (κ1) is 13.4. The number of carbonyl (C=O) groups excluding carboxylic acids is 1. The Kier molecular flexibility index (Phi) is 4.39. The van der Waals surface area contributed by atoms with Crippen LogP contribution in [0, 0.1) is 0 Å². The van der Waals surface area contributed by atoms with E-state index in [1.165, 1.54) is 5.39 Å². The van der Waals surface area contributed by atoms with E-state index in [-0.39, 0.29) is 18.6 Å². The number of nitrogens with one attached hydrogen (secondary N) is 1. The van der Waals surface area contributed by atoms with Gasteiger partial charge in [-0.05, 0) is 36.2 Å². The lowest BCUT2D eigenvalue weighted by molar-refractivity contribution is -0.123. The third-order valence-electron chi connectivity index (χ3n) is 3.11. The fourth-order valence-corrected chi connectivity index (χ4v) is 1.82. The lowest BCUT2D eigenvalue weighted by Crippen LogP contribution is -2.35. The van der Waals surface area contributed by atoms with Gasteiger partial charge in [-0.3, -0.25) is 4.79 Å². The fraction of sp³-hybridized carbons (Fsp3) is 0.312. The monoisotopic (exact) mass is 257 g/mol. The van der Waals surface area contributed by atoms with Gasteiger partial charge in [0.1, 0.15) is 5.75 Å². The van der Waals surface area contributed by atoms with Gasteiger partial charge < -0.3 is 10.1 Å². The van der Waals surface area contributed by atoms with E-state index in [2.05, 4.69) is 11.4 Å². The second-order valence-corrected chi connectivity index (χ2v) is 4.67. The summed E-state index contributed by atoms with van der Waals surface area (Å²) >= 11 is 0. The summed E-state index contributed by atoms with van der Waals surface area (Å²) in [4.78, 5) is 11.6. The largest absolute Gasteiger partial charge is 0.484 e. The first-order valence-corrected chi connectivity index (χ1v) is 6.60. The average molecular weight is 257 g/mol. The maximum atomic E-state index is 11.6. The van der Waals surface area contributed by atoms with Crippen LogP contribution >= 0.6 is 0 Å². The predicted molar refractivity (Wildman–Crippen MR) is 77.3 cm³/mol. The molecular weight excluding hydrogens is 238 g/mol. The van der Waals surface area contributed by atoms with E-state index < -0.39 is 0 Å². The van der Waals surface area contributed by atoms with Crippen molar-refractivity contribution in [2.75, 3.05) is 6.61 Å². The minimum absolute atomic E-state index is 0.0582. The molecule has 0 aliphatic heterocycles. The lowest BCUT2D eigenvalue weighted by Gasteiger charge is -2.12. The van der Waals surface area contributed by atoms with Crippen LogP contribution < -0.4 is 10.1 Å². The van der Waals surface area contributed by atoms with Crippen molar-refractivity contribution in [2.24, 2.45) is 0 Å². The fourth-order valence-electron chi connectivity index (χ4n) is 1.82. The van der Waals surface area contributed by atoms with E-state index >= 15 is 0 Å². The highest BCUT2D eigenvalue weighted by molar-refractivity contribution is 5.84. The minimum atomic E-state index is -0.0810. The van der Waals surface area contributed by atoms with Crippen LogP contribution in [0.15, 0.2) is 42.5 Å². The van der Waals surface area contributed by atoms with Gasteiger partial charge >= 0.3 is 0 Å². The minimum Gasteiger partial charge on any atom is -0.484 e. The van der Waals surface area contributed by atoms with Crippen molar-refractivity contribution >= 4 is 16.7 Å². The molecule has 2 aromatic rings. The number of rotatable bonds is 5. The van der Waals surface area contributed by atoms with Gasteiger partial charge in [-0.1, -0.05) is 37.3 Å². The van der Waals surface area contributed by atoms with Gasteiger partial charge in [0.15, 0.2) is 6.61 Å². The van der Waals surface area contributed by atoms with Gasteiger partial charge in [0.05, 0.1) is 0 Å². The second kappa shape index (κ2) is 6.23. The quantitative estimate of drug-likeness (QED) is 0.893. The van der Waals surface area contributed by atoms with Gasteiger partial charge in [0.2, 0.25) is 0 Å². The standard InChI is InChI=1S/C16H19NO2/c1-3-12(2)17-16(18)11-19-15-9-8-13-6-4-5-7-14(13)10-15/h4-10,12H,3,11H2,1-2H3,(H,17,18)/t12-/m1/s1. The normalized spacial score (nSPS) is 12.1. The first-order valence-electron chi connectivity index (χ1n) is 6.60. The zero-order valence-corrected chi connectivity index (χ0v) is 11.3. The summed E-state index contributed by atoms with van der Waals surface area (Å²) in [5.74, 6) is 0.639. The Morgan fingerprint density at radius 2 is 1.95 bits per heavy atom. The molecule has 100 valence electrons. The molecule has 3 heteroatoms. The van der Waals surface area contributed by atoms with Crippen LogP contribution in [0.25, 0.3) is 10.8 Å². The molecule has 19 heavy (non-hydrogen) atoms. The van der Waals surface area contributed by atoms with Crippen molar-refractivity contribution in [1.82, 2.24) is 5.32 Å². The number of amides is 1. The molecule has 0 spiro atoms. The van der Waals surface area contributed by atoms with Crippen molar-refractivity contribution in [2.45, 2.75) is 26.3 Å². The van der Waals surface area contributed by atoms with Crippen LogP contribution in [0.1, 0.15) is 20.3 Å². The molecule has 2 rings (SSSR count). The summed E-state index contributed by atoms with van der Waals surface area (Å²) in [7, 11) is 0. The Labute approximate surface area is 113 Å². The molecule has 2 aromatic carbocycles. The van der Waals surface area contributed by atoms with Crippen LogP contribution in [0.4, 0.5) is 0 Å². The summed E-state index contributed by atoms with van der Waals surface area (Å²) in [5.41, 5.74) is 0. The van der Waals surface area contributed by atoms with E-state index in [0.717, 1.165) is 17.6 Å². The molecule has 1 N–H and O–H groups in total. The Morgan fingerprint density at radius 3 is 2.68 bits per heavy atom. The van der Waals surface area contributed by atoms with Crippen molar-refractivity contribution < 1.29 is 9.53 Å².